The maximum atomic E-state index is 11.9. The van der Waals surface area contributed by atoms with E-state index in [2.05, 4.69) is 15.9 Å². The highest BCUT2D eigenvalue weighted by molar-refractivity contribution is 9.10. The van der Waals surface area contributed by atoms with E-state index in [0.717, 1.165) is 6.07 Å². The van der Waals surface area contributed by atoms with Crippen molar-refractivity contribution in [2.75, 3.05) is 0 Å². The zero-order valence-electron chi connectivity index (χ0n) is 9.88. The van der Waals surface area contributed by atoms with Crippen molar-refractivity contribution < 1.29 is 14.5 Å². The third-order valence-electron chi connectivity index (χ3n) is 2.42. The van der Waals surface area contributed by atoms with Crippen molar-refractivity contribution in [1.29, 1.82) is 0 Å². The number of para-hydroxylation sites is 1. The van der Waals surface area contributed by atoms with Gasteiger partial charge in [-0.05, 0) is 40.2 Å². The van der Waals surface area contributed by atoms with Crippen molar-refractivity contribution in [3.8, 4) is 5.75 Å². The Morgan fingerprint density at radius 2 is 1.95 bits per heavy atom. The van der Waals surface area contributed by atoms with Crippen molar-refractivity contribution in [1.82, 2.24) is 0 Å². The van der Waals surface area contributed by atoms with Gasteiger partial charge in [-0.15, -0.1) is 0 Å². The lowest BCUT2D eigenvalue weighted by molar-refractivity contribution is -0.384. The number of nitro groups is 1. The lowest BCUT2D eigenvalue weighted by Gasteiger charge is -2.06. The van der Waals surface area contributed by atoms with Crippen molar-refractivity contribution in [2.45, 2.75) is 0 Å². The molecule has 0 aliphatic carbocycles. The van der Waals surface area contributed by atoms with E-state index in [9.17, 15) is 14.9 Å². The van der Waals surface area contributed by atoms with Gasteiger partial charge in [-0.2, -0.15) is 0 Å². The number of ether oxygens (including phenoxy) is 1. The summed E-state index contributed by atoms with van der Waals surface area (Å²) in [5.41, 5.74) is -0.287. The molecule has 0 amide bonds. The monoisotopic (exact) mass is 355 g/mol. The predicted molar refractivity (Wildman–Crippen MR) is 77.2 cm³/mol. The first-order valence-electron chi connectivity index (χ1n) is 5.39. The number of hydrogen-bond acceptors (Lipinski definition) is 4. The molecule has 0 unspecified atom stereocenters. The molecular formula is C13H7BrClNO4. The van der Waals surface area contributed by atoms with E-state index in [1.165, 1.54) is 12.1 Å². The van der Waals surface area contributed by atoms with E-state index in [0.29, 0.717) is 10.2 Å². The van der Waals surface area contributed by atoms with Crippen molar-refractivity contribution in [2.24, 2.45) is 0 Å². The zero-order valence-corrected chi connectivity index (χ0v) is 12.2. The maximum Gasteiger partial charge on any atom is 0.343 e. The molecule has 5 nitrogen and oxygen atoms in total. The van der Waals surface area contributed by atoms with Gasteiger partial charge in [0.2, 0.25) is 0 Å². The molecule has 7 heteroatoms. The van der Waals surface area contributed by atoms with Crippen LogP contribution in [-0.2, 0) is 0 Å². The van der Waals surface area contributed by atoms with Crippen LogP contribution in [-0.4, -0.2) is 10.9 Å². The van der Waals surface area contributed by atoms with Crippen LogP contribution in [0.5, 0.6) is 5.75 Å². The molecule has 2 aromatic rings. The van der Waals surface area contributed by atoms with Gasteiger partial charge in [-0.3, -0.25) is 10.1 Å². The number of carbonyl (C=O) groups excluding carboxylic acids is 1. The zero-order chi connectivity index (χ0) is 14.7. The average Bonchev–Trinajstić information content (AvgIpc) is 2.41. The van der Waals surface area contributed by atoms with Gasteiger partial charge in [0.1, 0.15) is 10.8 Å². The predicted octanol–water partition coefficient (Wildman–Crippen LogP) is 4.23. The van der Waals surface area contributed by atoms with Crippen LogP contribution in [0.25, 0.3) is 0 Å². The summed E-state index contributed by atoms with van der Waals surface area (Å²) in [7, 11) is 0. The summed E-state index contributed by atoms with van der Waals surface area (Å²) < 4.78 is 5.76. The SMILES string of the molecule is O=C(Oc1ccccc1Br)c1ccc(Cl)c([N+](=O)[O-])c1. The smallest absolute Gasteiger partial charge is 0.343 e. The minimum atomic E-state index is -0.698. The van der Waals surface area contributed by atoms with Crippen LogP contribution < -0.4 is 4.74 Å². The summed E-state index contributed by atoms with van der Waals surface area (Å²) in [5, 5.41) is 10.7. The van der Waals surface area contributed by atoms with Crippen molar-refractivity contribution in [3.63, 3.8) is 0 Å². The van der Waals surface area contributed by atoms with Crippen LogP contribution in [0.2, 0.25) is 5.02 Å². The Morgan fingerprint density at radius 3 is 2.60 bits per heavy atom. The van der Waals surface area contributed by atoms with E-state index in [4.69, 9.17) is 16.3 Å². The molecular weight excluding hydrogens is 350 g/mol. The van der Waals surface area contributed by atoms with E-state index in [-0.39, 0.29) is 16.3 Å². The maximum absolute atomic E-state index is 11.9. The van der Waals surface area contributed by atoms with E-state index in [1.54, 1.807) is 24.3 Å². The molecule has 0 radical (unpaired) electrons. The topological polar surface area (TPSA) is 69.4 Å². The standard InChI is InChI=1S/C13H7BrClNO4/c14-9-3-1-2-4-12(9)20-13(17)8-5-6-10(15)11(7-8)16(18)19/h1-7H. The van der Waals surface area contributed by atoms with Crippen LogP contribution in [0.15, 0.2) is 46.9 Å². The molecule has 0 N–H and O–H groups in total. The summed E-state index contributed by atoms with van der Waals surface area (Å²) in [6, 6.07) is 10.5. The number of nitrogens with zero attached hydrogens (tertiary/aromatic N) is 1. The first-order valence-corrected chi connectivity index (χ1v) is 6.57. The van der Waals surface area contributed by atoms with Crippen LogP contribution >= 0.6 is 27.5 Å². The molecule has 0 saturated carbocycles. The molecule has 0 heterocycles. The molecule has 2 aromatic carbocycles. The van der Waals surface area contributed by atoms with E-state index >= 15 is 0 Å². The van der Waals surface area contributed by atoms with E-state index in [1.807, 2.05) is 0 Å². The largest absolute Gasteiger partial charge is 0.422 e. The van der Waals surface area contributed by atoms with Crippen LogP contribution in [0.4, 0.5) is 5.69 Å². The molecule has 0 aliphatic heterocycles. The van der Waals surface area contributed by atoms with Gasteiger partial charge in [0.05, 0.1) is 15.0 Å². The Kier molecular flexibility index (Phi) is 4.36. The molecule has 0 saturated heterocycles. The Hall–Kier alpha value is -1.92. The molecule has 0 aliphatic rings. The third kappa shape index (κ3) is 3.15. The molecule has 0 atom stereocenters. The summed E-state index contributed by atoms with van der Waals surface area (Å²) in [6.45, 7) is 0. The van der Waals surface area contributed by atoms with Crippen LogP contribution in [0.3, 0.4) is 0 Å². The van der Waals surface area contributed by atoms with Gasteiger partial charge < -0.3 is 4.74 Å². The van der Waals surface area contributed by atoms with E-state index < -0.39 is 10.9 Å². The molecule has 0 aromatic heterocycles. The molecule has 102 valence electrons. The first-order chi connectivity index (χ1) is 9.49. The highest BCUT2D eigenvalue weighted by atomic mass is 79.9. The fourth-order valence-electron chi connectivity index (χ4n) is 1.47. The first kappa shape index (κ1) is 14.5. The Labute approximate surface area is 127 Å². The van der Waals surface area contributed by atoms with Gasteiger partial charge >= 0.3 is 5.97 Å². The molecule has 0 fully saturated rings. The van der Waals surface area contributed by atoms with Gasteiger partial charge in [-0.1, -0.05) is 23.7 Å². The summed E-state index contributed by atoms with van der Waals surface area (Å²) in [4.78, 5) is 22.1. The highest BCUT2D eigenvalue weighted by Crippen LogP contribution is 2.27. The highest BCUT2D eigenvalue weighted by Gasteiger charge is 2.18. The van der Waals surface area contributed by atoms with Crippen molar-refractivity contribution >= 4 is 39.2 Å². The normalized spacial score (nSPS) is 10.1. The number of rotatable bonds is 3. The van der Waals surface area contributed by atoms with Crippen LogP contribution in [0, 0.1) is 10.1 Å². The second-order valence-electron chi connectivity index (χ2n) is 3.74. The van der Waals surface area contributed by atoms with Gasteiger partial charge in [0.25, 0.3) is 5.69 Å². The quantitative estimate of drug-likeness (QED) is 0.357. The van der Waals surface area contributed by atoms with Gasteiger partial charge in [-0.25, -0.2) is 4.79 Å². The number of hydrogen-bond donors (Lipinski definition) is 0. The minimum absolute atomic E-state index is 0.0348. The molecule has 2 rings (SSSR count). The van der Waals surface area contributed by atoms with Gasteiger partial charge in [0.15, 0.2) is 0 Å². The molecule has 0 spiro atoms. The molecule has 0 bridgehead atoms. The van der Waals surface area contributed by atoms with Crippen molar-refractivity contribution in [3.05, 3.63) is 67.6 Å². The lowest BCUT2D eigenvalue weighted by Crippen LogP contribution is -2.09. The minimum Gasteiger partial charge on any atom is -0.422 e. The second-order valence-corrected chi connectivity index (χ2v) is 5.00. The number of nitro benzene ring substituents is 1. The number of halogens is 2. The number of esters is 1. The Bertz CT molecular complexity index is 690. The second kappa shape index (κ2) is 6.02. The molecule has 20 heavy (non-hydrogen) atoms. The fourth-order valence-corrected chi connectivity index (χ4v) is 2.02. The summed E-state index contributed by atoms with van der Waals surface area (Å²) in [6.07, 6.45) is 0. The Balaban J connectivity index is 2.28. The number of carbonyl (C=O) groups is 1. The van der Waals surface area contributed by atoms with Gasteiger partial charge in [0, 0.05) is 6.07 Å². The number of benzene rings is 2. The van der Waals surface area contributed by atoms with Crippen LogP contribution in [0.1, 0.15) is 10.4 Å². The summed E-state index contributed by atoms with van der Waals surface area (Å²) in [5.74, 6) is -0.369. The lowest BCUT2D eigenvalue weighted by atomic mass is 10.2. The Morgan fingerprint density at radius 1 is 1.25 bits per heavy atom. The third-order valence-corrected chi connectivity index (χ3v) is 3.39. The average molecular weight is 357 g/mol. The fraction of sp³-hybridized carbons (Fsp3) is 0. The summed E-state index contributed by atoms with van der Waals surface area (Å²) >= 11 is 8.92.